The van der Waals surface area contributed by atoms with Gasteiger partial charge in [-0.05, 0) is 11.1 Å². The second-order valence-corrected chi connectivity index (χ2v) is 4.19. The number of esters is 1. The van der Waals surface area contributed by atoms with E-state index in [-0.39, 0.29) is 0 Å². The molecule has 0 bridgehead atoms. The van der Waals surface area contributed by atoms with Crippen LogP contribution in [0.15, 0.2) is 66.9 Å². The Balaban J connectivity index is 2.11. The molecule has 0 aliphatic heterocycles. The van der Waals surface area contributed by atoms with E-state index in [1.165, 1.54) is 13.4 Å². The van der Waals surface area contributed by atoms with Crippen LogP contribution in [0.4, 0.5) is 0 Å². The largest absolute Gasteiger partial charge is 0.496 e. The SMILES string of the molecule is COC(=O)/C(=C\OCc1ccccc1)c1ccccc1. The van der Waals surface area contributed by atoms with E-state index >= 15 is 0 Å². The van der Waals surface area contributed by atoms with E-state index in [4.69, 9.17) is 9.47 Å². The van der Waals surface area contributed by atoms with Crippen molar-refractivity contribution in [3.05, 3.63) is 78.1 Å². The summed E-state index contributed by atoms with van der Waals surface area (Å²) in [5.41, 5.74) is 2.22. The molecule has 0 radical (unpaired) electrons. The molecule has 0 amide bonds. The molecule has 0 saturated carbocycles. The van der Waals surface area contributed by atoms with Gasteiger partial charge in [-0.25, -0.2) is 4.79 Å². The van der Waals surface area contributed by atoms with Crippen LogP contribution in [-0.4, -0.2) is 13.1 Å². The number of ether oxygens (including phenoxy) is 2. The molecular formula is C17H16O3. The molecule has 0 aliphatic carbocycles. The van der Waals surface area contributed by atoms with Crippen molar-refractivity contribution in [3.63, 3.8) is 0 Å². The number of hydrogen-bond acceptors (Lipinski definition) is 3. The lowest BCUT2D eigenvalue weighted by Gasteiger charge is -2.07. The molecule has 2 rings (SSSR count). The van der Waals surface area contributed by atoms with E-state index < -0.39 is 5.97 Å². The average Bonchev–Trinajstić information content (AvgIpc) is 2.53. The van der Waals surface area contributed by atoms with Crippen LogP contribution >= 0.6 is 0 Å². The van der Waals surface area contributed by atoms with Crippen LogP contribution in [0.5, 0.6) is 0 Å². The predicted molar refractivity (Wildman–Crippen MR) is 77.7 cm³/mol. The second-order valence-electron chi connectivity index (χ2n) is 4.19. The Morgan fingerprint density at radius 2 is 1.60 bits per heavy atom. The van der Waals surface area contributed by atoms with Gasteiger partial charge in [0, 0.05) is 0 Å². The molecule has 0 saturated heterocycles. The number of methoxy groups -OCH3 is 1. The van der Waals surface area contributed by atoms with E-state index in [2.05, 4.69) is 0 Å². The zero-order valence-electron chi connectivity index (χ0n) is 11.3. The predicted octanol–water partition coefficient (Wildman–Crippen LogP) is 3.42. The van der Waals surface area contributed by atoms with Gasteiger partial charge in [-0.15, -0.1) is 0 Å². The van der Waals surface area contributed by atoms with Crippen LogP contribution in [0.2, 0.25) is 0 Å². The van der Waals surface area contributed by atoms with Gasteiger partial charge in [-0.1, -0.05) is 60.7 Å². The minimum atomic E-state index is -0.413. The van der Waals surface area contributed by atoms with Gasteiger partial charge in [-0.3, -0.25) is 0 Å². The molecule has 20 heavy (non-hydrogen) atoms. The monoisotopic (exact) mass is 268 g/mol. The number of carbonyl (C=O) groups is 1. The highest BCUT2D eigenvalue weighted by atomic mass is 16.5. The van der Waals surface area contributed by atoms with Gasteiger partial charge in [0.15, 0.2) is 0 Å². The van der Waals surface area contributed by atoms with Crippen LogP contribution in [0.3, 0.4) is 0 Å². The fourth-order valence-electron chi connectivity index (χ4n) is 1.76. The molecule has 0 unspecified atom stereocenters. The first kappa shape index (κ1) is 13.9. The fourth-order valence-corrected chi connectivity index (χ4v) is 1.76. The minimum absolute atomic E-state index is 0.407. The Kier molecular flexibility index (Phi) is 4.95. The van der Waals surface area contributed by atoms with Gasteiger partial charge in [0.1, 0.15) is 12.2 Å². The molecule has 0 N–H and O–H groups in total. The molecular weight excluding hydrogens is 252 g/mol. The van der Waals surface area contributed by atoms with E-state index in [1.54, 1.807) is 0 Å². The third-order valence-electron chi connectivity index (χ3n) is 2.78. The van der Waals surface area contributed by atoms with Crippen molar-refractivity contribution in [1.29, 1.82) is 0 Å². The van der Waals surface area contributed by atoms with Gasteiger partial charge in [-0.2, -0.15) is 0 Å². The molecule has 0 heterocycles. The third kappa shape index (κ3) is 3.72. The summed E-state index contributed by atoms with van der Waals surface area (Å²) >= 11 is 0. The van der Waals surface area contributed by atoms with Crippen LogP contribution in [-0.2, 0) is 20.9 Å². The number of benzene rings is 2. The Bertz CT molecular complexity index is 574. The fraction of sp³-hybridized carbons (Fsp3) is 0.118. The molecule has 0 spiro atoms. The molecule has 3 nitrogen and oxygen atoms in total. The minimum Gasteiger partial charge on any atom is -0.496 e. The lowest BCUT2D eigenvalue weighted by atomic mass is 10.1. The third-order valence-corrected chi connectivity index (χ3v) is 2.78. The Morgan fingerprint density at radius 3 is 2.20 bits per heavy atom. The highest BCUT2D eigenvalue weighted by Gasteiger charge is 2.12. The Labute approximate surface area is 118 Å². The second kappa shape index (κ2) is 7.14. The molecule has 2 aromatic rings. The summed E-state index contributed by atoms with van der Waals surface area (Å²) in [6.45, 7) is 0.411. The highest BCUT2D eigenvalue weighted by molar-refractivity contribution is 6.16. The van der Waals surface area contributed by atoms with Gasteiger partial charge < -0.3 is 9.47 Å². The average molecular weight is 268 g/mol. The topological polar surface area (TPSA) is 35.5 Å². The summed E-state index contributed by atoms with van der Waals surface area (Å²) in [6.07, 6.45) is 1.45. The van der Waals surface area contributed by atoms with Crippen molar-refractivity contribution in [1.82, 2.24) is 0 Å². The normalized spacial score (nSPS) is 10.9. The van der Waals surface area contributed by atoms with E-state index in [0.717, 1.165) is 11.1 Å². The lowest BCUT2D eigenvalue weighted by Crippen LogP contribution is -2.04. The molecule has 0 fully saturated rings. The first-order chi connectivity index (χ1) is 9.81. The Morgan fingerprint density at radius 1 is 1.00 bits per heavy atom. The number of rotatable bonds is 5. The Hall–Kier alpha value is -2.55. The van der Waals surface area contributed by atoms with E-state index in [1.807, 2.05) is 60.7 Å². The maximum Gasteiger partial charge on any atom is 0.341 e. The molecule has 2 aromatic carbocycles. The summed E-state index contributed by atoms with van der Waals surface area (Å²) in [4.78, 5) is 11.8. The smallest absolute Gasteiger partial charge is 0.341 e. The summed E-state index contributed by atoms with van der Waals surface area (Å²) in [7, 11) is 1.36. The summed E-state index contributed by atoms with van der Waals surface area (Å²) in [5.74, 6) is -0.413. The molecule has 0 aromatic heterocycles. The zero-order chi connectivity index (χ0) is 14.2. The summed E-state index contributed by atoms with van der Waals surface area (Å²) < 4.78 is 10.3. The van der Waals surface area contributed by atoms with Gasteiger partial charge in [0.25, 0.3) is 0 Å². The summed E-state index contributed by atoms with van der Waals surface area (Å²) in [5, 5.41) is 0. The maximum absolute atomic E-state index is 11.8. The lowest BCUT2D eigenvalue weighted by molar-refractivity contribution is -0.133. The van der Waals surface area contributed by atoms with Gasteiger partial charge in [0.05, 0.1) is 13.4 Å². The quantitative estimate of drug-likeness (QED) is 0.473. The van der Waals surface area contributed by atoms with Gasteiger partial charge in [0.2, 0.25) is 0 Å². The first-order valence-corrected chi connectivity index (χ1v) is 6.30. The molecule has 0 aliphatic rings. The van der Waals surface area contributed by atoms with Crippen molar-refractivity contribution in [3.8, 4) is 0 Å². The number of hydrogen-bond donors (Lipinski definition) is 0. The van der Waals surface area contributed by atoms with Crippen LogP contribution in [0, 0.1) is 0 Å². The first-order valence-electron chi connectivity index (χ1n) is 6.30. The van der Waals surface area contributed by atoms with Crippen LogP contribution in [0.25, 0.3) is 5.57 Å². The molecule has 102 valence electrons. The maximum atomic E-state index is 11.8. The van der Waals surface area contributed by atoms with Crippen LogP contribution < -0.4 is 0 Å². The standard InChI is InChI=1S/C17H16O3/c1-19-17(18)16(15-10-6-3-7-11-15)13-20-12-14-8-4-2-5-9-14/h2-11,13H,12H2,1H3/b16-13-. The zero-order valence-corrected chi connectivity index (χ0v) is 11.3. The van der Waals surface area contributed by atoms with E-state index in [9.17, 15) is 4.79 Å². The van der Waals surface area contributed by atoms with Gasteiger partial charge >= 0.3 is 5.97 Å². The van der Waals surface area contributed by atoms with Crippen molar-refractivity contribution in [2.75, 3.05) is 7.11 Å². The number of carbonyl (C=O) groups excluding carboxylic acids is 1. The highest BCUT2D eigenvalue weighted by Crippen LogP contribution is 2.16. The molecule has 0 atom stereocenters. The molecule has 3 heteroatoms. The summed E-state index contributed by atoms with van der Waals surface area (Å²) in [6, 6.07) is 19.1. The van der Waals surface area contributed by atoms with Crippen molar-refractivity contribution in [2.45, 2.75) is 6.61 Å². The van der Waals surface area contributed by atoms with Crippen molar-refractivity contribution >= 4 is 11.5 Å². The van der Waals surface area contributed by atoms with Crippen molar-refractivity contribution < 1.29 is 14.3 Å². The van der Waals surface area contributed by atoms with Crippen LogP contribution in [0.1, 0.15) is 11.1 Å². The van der Waals surface area contributed by atoms with E-state index in [0.29, 0.717) is 12.2 Å². The van der Waals surface area contributed by atoms with Crippen molar-refractivity contribution in [2.24, 2.45) is 0 Å².